The summed E-state index contributed by atoms with van der Waals surface area (Å²) in [6.45, 7) is 4.17. The van der Waals surface area contributed by atoms with Crippen LogP contribution >= 0.6 is 0 Å². The van der Waals surface area contributed by atoms with Crippen molar-refractivity contribution >= 4 is 0 Å². The van der Waals surface area contributed by atoms with E-state index in [0.717, 1.165) is 0 Å². The molecule has 0 saturated heterocycles. The van der Waals surface area contributed by atoms with E-state index in [1.54, 1.807) is 6.20 Å². The number of nitrogens with zero attached hydrogens (tertiary/aromatic N) is 2. The van der Waals surface area contributed by atoms with Gasteiger partial charge in [-0.2, -0.15) is 5.10 Å². The molecule has 0 aliphatic rings. The van der Waals surface area contributed by atoms with Crippen molar-refractivity contribution in [3.63, 3.8) is 0 Å². The van der Waals surface area contributed by atoms with Gasteiger partial charge in [0.25, 0.3) is 0 Å². The highest BCUT2D eigenvalue weighted by Gasteiger charge is 2.00. The van der Waals surface area contributed by atoms with Gasteiger partial charge in [-0.1, -0.05) is 0 Å². The third-order valence-corrected chi connectivity index (χ3v) is 1.00. The van der Waals surface area contributed by atoms with Crippen LogP contribution in [-0.2, 0) is 0 Å². The highest BCUT2D eigenvalue weighted by Crippen LogP contribution is 1.84. The maximum absolute atomic E-state index is 3.91. The van der Waals surface area contributed by atoms with Crippen LogP contribution in [-0.4, -0.2) is 10.3 Å². The predicted octanol–water partition coefficient (Wildman–Crippen LogP) is 0.278. The fourth-order valence-corrected chi connectivity index (χ4v) is 0.531. The molecule has 1 N–H and O–H groups in total. The molecule has 1 aromatic heterocycles. The average molecular weight is 112 g/mol. The monoisotopic (exact) mass is 112 g/mol. The Labute approximate surface area is 48.3 Å². The molecule has 0 atom stereocenters. The van der Waals surface area contributed by atoms with E-state index in [9.17, 15) is 0 Å². The Hall–Kier alpha value is -0.860. The lowest BCUT2D eigenvalue weighted by Gasteiger charge is -1.91. The van der Waals surface area contributed by atoms with Gasteiger partial charge in [0.2, 0.25) is 0 Å². The number of nitrogens with one attached hydrogen (secondary N) is 1. The van der Waals surface area contributed by atoms with Crippen LogP contribution in [0.1, 0.15) is 19.9 Å². The van der Waals surface area contributed by atoms with Crippen molar-refractivity contribution in [3.8, 4) is 0 Å². The highest BCUT2D eigenvalue weighted by atomic mass is 15.4. The average Bonchev–Trinajstić information content (AvgIpc) is 2.12. The summed E-state index contributed by atoms with van der Waals surface area (Å²) in [5, 5.41) is 6.63. The molecule has 0 fully saturated rings. The van der Waals surface area contributed by atoms with Gasteiger partial charge in [-0.15, -0.1) is 4.68 Å². The molecule has 0 spiro atoms. The Bertz CT molecular complexity index is 143. The van der Waals surface area contributed by atoms with Crippen molar-refractivity contribution in [3.05, 3.63) is 12.4 Å². The molecule has 0 aromatic carbocycles. The van der Waals surface area contributed by atoms with E-state index in [4.69, 9.17) is 0 Å². The summed E-state index contributed by atoms with van der Waals surface area (Å²) < 4.78 is 1.86. The summed E-state index contributed by atoms with van der Waals surface area (Å²) in [6.07, 6.45) is 3.71. The molecule has 1 aromatic rings. The summed E-state index contributed by atoms with van der Waals surface area (Å²) >= 11 is 0. The van der Waals surface area contributed by atoms with E-state index in [1.165, 1.54) is 0 Å². The van der Waals surface area contributed by atoms with Crippen LogP contribution in [0.4, 0.5) is 0 Å². The molecule has 44 valence electrons. The van der Waals surface area contributed by atoms with Crippen LogP contribution in [0.25, 0.3) is 0 Å². The second-order valence-electron chi connectivity index (χ2n) is 2.02. The molecular formula is C5H10N3+. The van der Waals surface area contributed by atoms with Gasteiger partial charge < -0.3 is 0 Å². The minimum atomic E-state index is 0.459. The third-order valence-electron chi connectivity index (χ3n) is 1.00. The first-order valence-corrected chi connectivity index (χ1v) is 2.72. The Morgan fingerprint density at radius 1 is 1.62 bits per heavy atom. The summed E-state index contributed by atoms with van der Waals surface area (Å²) in [5.41, 5.74) is 0. The molecule has 0 saturated carbocycles. The number of hydrogen-bond donors (Lipinski definition) is 1. The van der Waals surface area contributed by atoms with Gasteiger partial charge in [0.15, 0.2) is 12.4 Å². The lowest BCUT2D eigenvalue weighted by molar-refractivity contribution is -0.771. The molecule has 0 radical (unpaired) electrons. The van der Waals surface area contributed by atoms with Crippen molar-refractivity contribution in [1.82, 2.24) is 10.3 Å². The van der Waals surface area contributed by atoms with Crippen molar-refractivity contribution in [2.45, 2.75) is 19.9 Å². The van der Waals surface area contributed by atoms with E-state index >= 15 is 0 Å². The van der Waals surface area contributed by atoms with E-state index in [1.807, 2.05) is 10.9 Å². The summed E-state index contributed by atoms with van der Waals surface area (Å²) in [5.74, 6) is 0. The summed E-state index contributed by atoms with van der Waals surface area (Å²) in [7, 11) is 0. The van der Waals surface area contributed by atoms with Gasteiger partial charge in [0.05, 0.1) is 5.21 Å². The zero-order valence-electron chi connectivity index (χ0n) is 5.13. The van der Waals surface area contributed by atoms with E-state index < -0.39 is 0 Å². The van der Waals surface area contributed by atoms with Crippen molar-refractivity contribution in [2.24, 2.45) is 0 Å². The molecule has 1 rings (SSSR count). The minimum absolute atomic E-state index is 0.459. The topological polar surface area (TPSA) is 32.6 Å². The smallest absolute Gasteiger partial charge is 0.151 e. The minimum Gasteiger partial charge on any atom is -0.151 e. The van der Waals surface area contributed by atoms with Crippen LogP contribution in [0, 0.1) is 0 Å². The first-order valence-electron chi connectivity index (χ1n) is 2.72. The maximum Gasteiger partial charge on any atom is 0.155 e. The van der Waals surface area contributed by atoms with Crippen LogP contribution in [0.15, 0.2) is 12.4 Å². The molecule has 3 heteroatoms. The SMILES string of the molecule is CC(C)[n+]1cc[nH]n1. The van der Waals surface area contributed by atoms with Gasteiger partial charge >= 0.3 is 0 Å². The molecule has 1 heterocycles. The lowest BCUT2D eigenvalue weighted by Crippen LogP contribution is -2.37. The van der Waals surface area contributed by atoms with Crippen LogP contribution in [0.5, 0.6) is 0 Å². The van der Waals surface area contributed by atoms with E-state index in [-0.39, 0.29) is 0 Å². The van der Waals surface area contributed by atoms with Gasteiger partial charge in [0.1, 0.15) is 6.04 Å². The second kappa shape index (κ2) is 1.94. The van der Waals surface area contributed by atoms with Gasteiger partial charge in [-0.25, -0.2) is 0 Å². The number of H-pyrrole nitrogens is 1. The Morgan fingerprint density at radius 2 is 2.38 bits per heavy atom. The molecule has 0 unspecified atom stereocenters. The predicted molar refractivity (Wildman–Crippen MR) is 29.2 cm³/mol. The molecule has 0 aliphatic carbocycles. The first kappa shape index (κ1) is 5.28. The molecular weight excluding hydrogens is 102 g/mol. The zero-order chi connectivity index (χ0) is 5.98. The van der Waals surface area contributed by atoms with Crippen molar-refractivity contribution in [1.29, 1.82) is 0 Å². The Balaban J connectivity index is 2.77. The number of rotatable bonds is 1. The first-order chi connectivity index (χ1) is 3.80. The molecule has 0 aliphatic heterocycles. The van der Waals surface area contributed by atoms with Crippen LogP contribution in [0.2, 0.25) is 0 Å². The normalized spacial score (nSPS) is 10.4. The maximum atomic E-state index is 3.91. The number of aromatic nitrogens is 3. The quantitative estimate of drug-likeness (QED) is 0.520. The zero-order valence-corrected chi connectivity index (χ0v) is 5.13. The highest BCUT2D eigenvalue weighted by molar-refractivity contribution is 4.48. The fourth-order valence-electron chi connectivity index (χ4n) is 0.531. The summed E-state index contributed by atoms with van der Waals surface area (Å²) in [6, 6.07) is 0.459. The largest absolute Gasteiger partial charge is 0.155 e. The molecule has 3 nitrogen and oxygen atoms in total. The van der Waals surface area contributed by atoms with Crippen molar-refractivity contribution < 1.29 is 4.68 Å². The van der Waals surface area contributed by atoms with Crippen LogP contribution in [0.3, 0.4) is 0 Å². The number of hydrogen-bond acceptors (Lipinski definition) is 1. The Morgan fingerprint density at radius 3 is 2.62 bits per heavy atom. The van der Waals surface area contributed by atoms with Gasteiger partial charge in [-0.05, 0) is 13.8 Å². The lowest BCUT2D eigenvalue weighted by atomic mass is 10.4. The second-order valence-corrected chi connectivity index (χ2v) is 2.02. The summed E-state index contributed by atoms with van der Waals surface area (Å²) in [4.78, 5) is 0. The molecule has 0 amide bonds. The molecule has 8 heavy (non-hydrogen) atoms. The van der Waals surface area contributed by atoms with Crippen LogP contribution < -0.4 is 4.68 Å². The Kier molecular flexibility index (Phi) is 1.28. The van der Waals surface area contributed by atoms with Gasteiger partial charge in [-0.3, -0.25) is 0 Å². The number of aromatic amines is 1. The van der Waals surface area contributed by atoms with E-state index in [2.05, 4.69) is 24.2 Å². The standard InChI is InChI=1S/C5H9N3/c1-5(2)8-4-3-6-7-8/h3-5H,1-2H3/p+1. The fraction of sp³-hybridized carbons (Fsp3) is 0.600. The molecule has 0 bridgehead atoms. The third kappa shape index (κ3) is 0.857. The van der Waals surface area contributed by atoms with E-state index in [0.29, 0.717) is 6.04 Å². The van der Waals surface area contributed by atoms with Crippen molar-refractivity contribution in [2.75, 3.05) is 0 Å². The van der Waals surface area contributed by atoms with Gasteiger partial charge in [0, 0.05) is 0 Å².